The Morgan fingerprint density at radius 2 is 1.94 bits per heavy atom. The standard InChI is InChI=1S/C21H23Cl2N3O4S/c1-13-16(20(24)27)5-2-6-19(13)25-21(28)15-4-3-9-26(11-15)31(29,30)12-14-7-8-17(22)18(23)10-14/h2,5-8,10,15H,3-4,9,11-12H2,1H3,(H2,24,27)(H,25,28). The summed E-state index contributed by atoms with van der Waals surface area (Å²) < 4.78 is 27.2. The summed E-state index contributed by atoms with van der Waals surface area (Å²) >= 11 is 11.9. The SMILES string of the molecule is Cc1c(NC(=O)C2CCCN(S(=O)(=O)Cc3ccc(Cl)c(Cl)c3)C2)cccc1C(N)=O. The Labute approximate surface area is 191 Å². The predicted molar refractivity (Wildman–Crippen MR) is 122 cm³/mol. The van der Waals surface area contributed by atoms with Gasteiger partial charge in [0.1, 0.15) is 0 Å². The molecule has 10 heteroatoms. The molecular weight excluding hydrogens is 461 g/mol. The zero-order chi connectivity index (χ0) is 22.8. The Morgan fingerprint density at radius 1 is 1.19 bits per heavy atom. The molecule has 2 aromatic carbocycles. The lowest BCUT2D eigenvalue weighted by Gasteiger charge is -2.31. The molecule has 3 N–H and O–H groups in total. The van der Waals surface area contributed by atoms with E-state index in [9.17, 15) is 18.0 Å². The average Bonchev–Trinajstić information content (AvgIpc) is 2.72. The van der Waals surface area contributed by atoms with Gasteiger partial charge in [0.2, 0.25) is 21.8 Å². The van der Waals surface area contributed by atoms with Gasteiger partial charge in [0, 0.05) is 24.3 Å². The molecule has 1 atom stereocenters. The van der Waals surface area contributed by atoms with E-state index in [0.29, 0.717) is 51.8 Å². The van der Waals surface area contributed by atoms with Crippen molar-refractivity contribution in [1.82, 2.24) is 4.31 Å². The summed E-state index contributed by atoms with van der Waals surface area (Å²) in [4.78, 5) is 24.4. The lowest BCUT2D eigenvalue weighted by Crippen LogP contribution is -2.44. The fourth-order valence-corrected chi connectivity index (χ4v) is 5.53. The smallest absolute Gasteiger partial charge is 0.249 e. The van der Waals surface area contributed by atoms with Gasteiger partial charge >= 0.3 is 0 Å². The van der Waals surface area contributed by atoms with E-state index in [1.54, 1.807) is 37.3 Å². The molecule has 31 heavy (non-hydrogen) atoms. The second kappa shape index (κ2) is 9.56. The first-order valence-electron chi connectivity index (χ1n) is 9.70. The molecule has 1 unspecified atom stereocenters. The zero-order valence-electron chi connectivity index (χ0n) is 16.9. The molecule has 1 saturated heterocycles. The molecule has 3 rings (SSSR count). The van der Waals surface area contributed by atoms with Gasteiger partial charge in [-0.05, 0) is 55.2 Å². The zero-order valence-corrected chi connectivity index (χ0v) is 19.2. The van der Waals surface area contributed by atoms with Crippen LogP contribution in [0.1, 0.15) is 34.3 Å². The van der Waals surface area contributed by atoms with Crippen LogP contribution in [-0.2, 0) is 20.6 Å². The molecular formula is C21H23Cl2N3O4S. The minimum absolute atomic E-state index is 0.0873. The molecule has 0 bridgehead atoms. The van der Waals surface area contributed by atoms with Crippen LogP contribution in [-0.4, -0.2) is 37.6 Å². The number of amides is 2. The van der Waals surface area contributed by atoms with Crippen LogP contribution in [0.3, 0.4) is 0 Å². The van der Waals surface area contributed by atoms with Crippen LogP contribution in [0.5, 0.6) is 0 Å². The Morgan fingerprint density at radius 3 is 2.61 bits per heavy atom. The predicted octanol–water partition coefficient (Wildman–Crippen LogP) is 3.58. The van der Waals surface area contributed by atoms with Crippen molar-refractivity contribution in [3.8, 4) is 0 Å². The molecule has 0 aliphatic carbocycles. The average molecular weight is 484 g/mol. The highest BCUT2D eigenvalue weighted by Crippen LogP contribution is 2.27. The van der Waals surface area contributed by atoms with E-state index < -0.39 is 21.8 Å². The number of benzene rings is 2. The van der Waals surface area contributed by atoms with Crippen LogP contribution in [0.2, 0.25) is 10.0 Å². The van der Waals surface area contributed by atoms with Crippen LogP contribution < -0.4 is 11.1 Å². The maximum atomic E-state index is 12.9. The molecule has 2 aromatic rings. The van der Waals surface area contributed by atoms with E-state index in [0.717, 1.165) is 0 Å². The number of nitrogens with one attached hydrogen (secondary N) is 1. The molecule has 166 valence electrons. The van der Waals surface area contributed by atoms with E-state index >= 15 is 0 Å². The molecule has 1 fully saturated rings. The van der Waals surface area contributed by atoms with Crippen LogP contribution in [0, 0.1) is 12.8 Å². The van der Waals surface area contributed by atoms with Crippen molar-refractivity contribution in [1.29, 1.82) is 0 Å². The summed E-state index contributed by atoms with van der Waals surface area (Å²) in [6.45, 7) is 2.14. The van der Waals surface area contributed by atoms with Crippen molar-refractivity contribution in [3.63, 3.8) is 0 Å². The molecule has 1 heterocycles. The van der Waals surface area contributed by atoms with Crippen molar-refractivity contribution in [3.05, 3.63) is 63.1 Å². The van der Waals surface area contributed by atoms with Gasteiger partial charge in [0.15, 0.2) is 0 Å². The Balaban J connectivity index is 1.71. The van der Waals surface area contributed by atoms with E-state index in [-0.39, 0.29) is 18.2 Å². The van der Waals surface area contributed by atoms with Gasteiger partial charge in [-0.15, -0.1) is 0 Å². The monoisotopic (exact) mass is 483 g/mol. The van der Waals surface area contributed by atoms with Gasteiger partial charge in [0.05, 0.1) is 21.7 Å². The first-order valence-corrected chi connectivity index (χ1v) is 12.1. The maximum Gasteiger partial charge on any atom is 0.249 e. The fraction of sp³-hybridized carbons (Fsp3) is 0.333. The molecule has 0 aromatic heterocycles. The summed E-state index contributed by atoms with van der Waals surface area (Å²) in [5.74, 6) is -1.60. The largest absolute Gasteiger partial charge is 0.366 e. The van der Waals surface area contributed by atoms with Gasteiger partial charge in [-0.1, -0.05) is 35.3 Å². The third kappa shape index (κ3) is 5.57. The molecule has 7 nitrogen and oxygen atoms in total. The van der Waals surface area contributed by atoms with E-state index in [1.165, 1.54) is 10.4 Å². The van der Waals surface area contributed by atoms with Crippen molar-refractivity contribution >= 4 is 50.7 Å². The highest BCUT2D eigenvalue weighted by atomic mass is 35.5. The van der Waals surface area contributed by atoms with E-state index in [4.69, 9.17) is 28.9 Å². The summed E-state index contributed by atoms with van der Waals surface area (Å²) in [7, 11) is -3.64. The number of anilines is 1. The summed E-state index contributed by atoms with van der Waals surface area (Å²) in [6.07, 6.45) is 1.14. The molecule has 0 saturated carbocycles. The number of piperidine rings is 1. The number of rotatable bonds is 6. The first kappa shape index (κ1) is 23.5. The maximum absolute atomic E-state index is 12.9. The topological polar surface area (TPSA) is 110 Å². The second-order valence-electron chi connectivity index (χ2n) is 7.53. The number of nitrogens with zero attached hydrogens (tertiary/aromatic N) is 1. The van der Waals surface area contributed by atoms with E-state index in [1.807, 2.05) is 0 Å². The number of halogens is 2. The summed E-state index contributed by atoms with van der Waals surface area (Å²) in [6, 6.07) is 9.62. The molecule has 0 spiro atoms. The number of carbonyl (C=O) groups excluding carboxylic acids is 2. The quantitative estimate of drug-likeness (QED) is 0.653. The normalized spacial score (nSPS) is 17.3. The molecule has 2 amide bonds. The van der Waals surface area contributed by atoms with Crippen molar-refractivity contribution in [2.24, 2.45) is 11.7 Å². The summed E-state index contributed by atoms with van der Waals surface area (Å²) in [5.41, 5.74) is 7.27. The van der Waals surface area contributed by atoms with Crippen molar-refractivity contribution < 1.29 is 18.0 Å². The number of sulfonamides is 1. The van der Waals surface area contributed by atoms with Crippen LogP contribution in [0.4, 0.5) is 5.69 Å². The number of nitrogens with two attached hydrogens (primary N) is 1. The van der Waals surface area contributed by atoms with Crippen LogP contribution >= 0.6 is 23.2 Å². The Bertz CT molecular complexity index is 1120. The highest BCUT2D eigenvalue weighted by molar-refractivity contribution is 7.88. The molecule has 1 aliphatic heterocycles. The van der Waals surface area contributed by atoms with Gasteiger partial charge in [-0.3, -0.25) is 9.59 Å². The first-order chi connectivity index (χ1) is 14.6. The third-order valence-corrected chi connectivity index (χ3v) is 7.89. The minimum atomic E-state index is -3.64. The van der Waals surface area contributed by atoms with Crippen molar-refractivity contribution in [2.75, 3.05) is 18.4 Å². The lowest BCUT2D eigenvalue weighted by atomic mass is 9.98. The Hall–Kier alpha value is -2.13. The minimum Gasteiger partial charge on any atom is -0.366 e. The highest BCUT2D eigenvalue weighted by Gasteiger charge is 2.32. The molecule has 1 aliphatic rings. The molecule has 0 radical (unpaired) electrons. The number of primary amides is 1. The number of hydrogen-bond donors (Lipinski definition) is 2. The van der Waals surface area contributed by atoms with Crippen LogP contribution in [0.15, 0.2) is 36.4 Å². The summed E-state index contributed by atoms with van der Waals surface area (Å²) in [5, 5.41) is 3.46. The van der Waals surface area contributed by atoms with Crippen LogP contribution in [0.25, 0.3) is 0 Å². The third-order valence-electron chi connectivity index (χ3n) is 5.34. The Kier molecular flexibility index (Phi) is 7.26. The lowest BCUT2D eigenvalue weighted by molar-refractivity contribution is -0.120. The number of hydrogen-bond acceptors (Lipinski definition) is 4. The fourth-order valence-electron chi connectivity index (χ4n) is 3.61. The van der Waals surface area contributed by atoms with Gasteiger partial charge < -0.3 is 11.1 Å². The van der Waals surface area contributed by atoms with Crippen molar-refractivity contribution in [2.45, 2.75) is 25.5 Å². The van der Waals surface area contributed by atoms with Gasteiger partial charge in [-0.2, -0.15) is 0 Å². The van der Waals surface area contributed by atoms with Gasteiger partial charge in [-0.25, -0.2) is 12.7 Å². The van der Waals surface area contributed by atoms with E-state index in [2.05, 4.69) is 5.32 Å². The number of carbonyl (C=O) groups is 2. The second-order valence-corrected chi connectivity index (χ2v) is 10.3. The van der Waals surface area contributed by atoms with Gasteiger partial charge in [0.25, 0.3) is 0 Å².